The quantitative estimate of drug-likeness (QED) is 0.602. The zero-order valence-electron chi connectivity index (χ0n) is 18.0. The largest absolute Gasteiger partial charge is 0.322 e. The van der Waals surface area contributed by atoms with Crippen LogP contribution in [0.1, 0.15) is 18.4 Å². The molecule has 0 aliphatic carbocycles. The highest BCUT2D eigenvalue weighted by atomic mass is 16.2. The molecule has 0 atom stereocenters. The second kappa shape index (κ2) is 10.4. The summed E-state index contributed by atoms with van der Waals surface area (Å²) in [7, 11) is 0. The maximum absolute atomic E-state index is 12.5. The summed E-state index contributed by atoms with van der Waals surface area (Å²) in [6.45, 7) is 6.50. The van der Waals surface area contributed by atoms with Crippen LogP contribution in [0, 0.1) is 0 Å². The lowest BCUT2D eigenvalue weighted by molar-refractivity contribution is -1.01. The maximum Gasteiger partial charge on any atom is 0.279 e. The number of carbonyl (C=O) groups is 2. The zero-order valence-corrected chi connectivity index (χ0v) is 18.0. The Kier molecular flexibility index (Phi) is 7.12. The van der Waals surface area contributed by atoms with Crippen molar-refractivity contribution in [2.75, 3.05) is 56.0 Å². The van der Waals surface area contributed by atoms with E-state index in [1.807, 2.05) is 35.2 Å². The van der Waals surface area contributed by atoms with E-state index in [9.17, 15) is 9.59 Å². The average molecular weight is 421 g/mol. The molecule has 0 spiro atoms. The van der Waals surface area contributed by atoms with Crippen molar-refractivity contribution < 1.29 is 19.4 Å². The van der Waals surface area contributed by atoms with Gasteiger partial charge in [-0.25, -0.2) is 0 Å². The first-order valence-corrected chi connectivity index (χ1v) is 11.3. The molecule has 0 bridgehead atoms. The van der Waals surface area contributed by atoms with E-state index in [0.29, 0.717) is 13.0 Å². The molecule has 2 amide bonds. The van der Waals surface area contributed by atoms with Crippen LogP contribution < -0.4 is 20.0 Å². The van der Waals surface area contributed by atoms with Crippen molar-refractivity contribution in [3.63, 3.8) is 0 Å². The molecule has 2 aliphatic rings. The molecule has 6 nitrogen and oxygen atoms in total. The van der Waals surface area contributed by atoms with Gasteiger partial charge in [0.05, 0.1) is 6.54 Å². The molecular weight excluding hydrogens is 388 g/mol. The van der Waals surface area contributed by atoms with E-state index < -0.39 is 0 Å². The number of anilines is 2. The highest BCUT2D eigenvalue weighted by Gasteiger charge is 2.24. The van der Waals surface area contributed by atoms with Crippen molar-refractivity contribution in [2.45, 2.75) is 12.8 Å². The Morgan fingerprint density at radius 1 is 0.968 bits per heavy atom. The fourth-order valence-electron chi connectivity index (χ4n) is 4.34. The highest BCUT2D eigenvalue weighted by molar-refractivity contribution is 5.96. The normalized spacial score (nSPS) is 21.5. The van der Waals surface area contributed by atoms with Crippen molar-refractivity contribution in [1.29, 1.82) is 0 Å². The van der Waals surface area contributed by atoms with Crippen molar-refractivity contribution in [2.24, 2.45) is 0 Å². The lowest BCUT2D eigenvalue weighted by Crippen LogP contribution is -3.28. The van der Waals surface area contributed by atoms with E-state index in [2.05, 4.69) is 41.7 Å². The summed E-state index contributed by atoms with van der Waals surface area (Å²) in [6, 6.07) is 18.0. The molecule has 2 saturated heterocycles. The van der Waals surface area contributed by atoms with Gasteiger partial charge in [-0.3, -0.25) is 9.59 Å². The van der Waals surface area contributed by atoms with Gasteiger partial charge in [-0.15, -0.1) is 0 Å². The molecule has 3 N–H and O–H groups in total. The molecule has 6 heteroatoms. The van der Waals surface area contributed by atoms with Gasteiger partial charge in [0.25, 0.3) is 5.91 Å². The standard InChI is InChI=1S/C25H30N4O2/c30-24(26-22-10-12-23(13-11-22)29-15-5-9-25(29)31)20-28-18-16-27(17-19-28)14-4-8-21-6-2-1-3-7-21/h1-4,6-8,10-13H,5,9,14-20H2,(H,26,30)/p+2/b8-4+. The molecule has 31 heavy (non-hydrogen) atoms. The number of amides is 2. The fourth-order valence-corrected chi connectivity index (χ4v) is 4.34. The fraction of sp³-hybridized carbons (Fsp3) is 0.360. The molecule has 162 valence electrons. The minimum atomic E-state index is 0.0485. The summed E-state index contributed by atoms with van der Waals surface area (Å²) in [6.07, 6.45) is 5.98. The molecule has 0 aromatic heterocycles. The molecule has 2 aliphatic heterocycles. The van der Waals surface area contributed by atoms with Crippen LogP contribution in [0.25, 0.3) is 6.08 Å². The second-order valence-electron chi connectivity index (χ2n) is 8.44. The van der Waals surface area contributed by atoms with E-state index in [0.717, 1.165) is 57.1 Å². The van der Waals surface area contributed by atoms with Gasteiger partial charge >= 0.3 is 0 Å². The molecule has 4 rings (SSSR count). The minimum absolute atomic E-state index is 0.0485. The number of rotatable bonds is 7. The Balaban J connectivity index is 1.18. The van der Waals surface area contributed by atoms with Gasteiger partial charge in [0.1, 0.15) is 26.2 Å². The topological polar surface area (TPSA) is 58.3 Å². The third kappa shape index (κ3) is 6.03. The van der Waals surface area contributed by atoms with Gasteiger partial charge in [-0.1, -0.05) is 36.4 Å². The molecule has 2 aromatic rings. The Morgan fingerprint density at radius 2 is 1.68 bits per heavy atom. The molecule has 0 radical (unpaired) electrons. The third-order valence-corrected chi connectivity index (χ3v) is 6.13. The predicted octanol–water partition coefficient (Wildman–Crippen LogP) is 0.249. The number of nitrogens with zero attached hydrogens (tertiary/aromatic N) is 1. The maximum atomic E-state index is 12.5. The van der Waals surface area contributed by atoms with Gasteiger partial charge in [0.2, 0.25) is 5.91 Å². The van der Waals surface area contributed by atoms with Crippen molar-refractivity contribution >= 4 is 29.3 Å². The molecule has 2 heterocycles. The SMILES string of the molecule is O=C(C[NH+]1CC[NH+](C/C=C/c2ccccc2)CC1)Nc1ccc(N2CCCC2=O)cc1. The van der Waals surface area contributed by atoms with Crippen LogP contribution in [0.3, 0.4) is 0 Å². The number of piperazine rings is 1. The van der Waals surface area contributed by atoms with Gasteiger partial charge in [0, 0.05) is 24.3 Å². The lowest BCUT2D eigenvalue weighted by atomic mass is 10.2. The number of hydrogen-bond donors (Lipinski definition) is 3. The number of hydrogen-bond acceptors (Lipinski definition) is 2. The van der Waals surface area contributed by atoms with Crippen LogP contribution in [0.15, 0.2) is 60.7 Å². The van der Waals surface area contributed by atoms with Crippen LogP contribution in [0.5, 0.6) is 0 Å². The van der Waals surface area contributed by atoms with Gasteiger partial charge < -0.3 is 20.0 Å². The zero-order chi connectivity index (χ0) is 21.5. The van der Waals surface area contributed by atoms with Gasteiger partial charge in [-0.05, 0) is 42.3 Å². The van der Waals surface area contributed by atoms with Crippen LogP contribution in [0.2, 0.25) is 0 Å². The first-order chi connectivity index (χ1) is 15.2. The van der Waals surface area contributed by atoms with E-state index in [1.165, 1.54) is 10.5 Å². The predicted molar refractivity (Wildman–Crippen MR) is 123 cm³/mol. The van der Waals surface area contributed by atoms with E-state index in [1.54, 1.807) is 4.90 Å². The van der Waals surface area contributed by atoms with E-state index >= 15 is 0 Å². The number of carbonyl (C=O) groups excluding carboxylic acids is 2. The Morgan fingerprint density at radius 3 is 2.35 bits per heavy atom. The monoisotopic (exact) mass is 420 g/mol. The van der Waals surface area contributed by atoms with Crippen molar-refractivity contribution in [3.05, 3.63) is 66.2 Å². The number of benzene rings is 2. The Hall–Kier alpha value is -2.96. The summed E-state index contributed by atoms with van der Waals surface area (Å²) in [4.78, 5) is 29.0. The van der Waals surface area contributed by atoms with Crippen LogP contribution in [-0.2, 0) is 9.59 Å². The third-order valence-electron chi connectivity index (χ3n) is 6.13. The first kappa shape index (κ1) is 21.3. The summed E-state index contributed by atoms with van der Waals surface area (Å²) in [5.41, 5.74) is 2.93. The van der Waals surface area contributed by atoms with E-state index in [-0.39, 0.29) is 11.8 Å². The molecular formula is C25H32N4O2+2. The summed E-state index contributed by atoms with van der Waals surface area (Å²) < 4.78 is 0. The minimum Gasteiger partial charge on any atom is -0.322 e. The van der Waals surface area contributed by atoms with Crippen LogP contribution in [-0.4, -0.2) is 57.6 Å². The van der Waals surface area contributed by atoms with Crippen molar-refractivity contribution in [3.8, 4) is 0 Å². The van der Waals surface area contributed by atoms with Gasteiger partial charge in [-0.2, -0.15) is 0 Å². The van der Waals surface area contributed by atoms with Crippen molar-refractivity contribution in [1.82, 2.24) is 0 Å². The smallest absolute Gasteiger partial charge is 0.279 e. The van der Waals surface area contributed by atoms with E-state index in [4.69, 9.17) is 0 Å². The van der Waals surface area contributed by atoms with Crippen LogP contribution >= 0.6 is 0 Å². The molecule has 2 aromatic carbocycles. The first-order valence-electron chi connectivity index (χ1n) is 11.3. The lowest BCUT2D eigenvalue weighted by Gasteiger charge is -2.28. The average Bonchev–Trinajstić information content (AvgIpc) is 3.22. The molecule has 0 saturated carbocycles. The molecule has 2 fully saturated rings. The Labute approximate surface area is 184 Å². The van der Waals surface area contributed by atoms with Gasteiger partial charge in [0.15, 0.2) is 6.54 Å². The summed E-state index contributed by atoms with van der Waals surface area (Å²) in [5.74, 6) is 0.227. The number of quaternary nitrogens is 2. The summed E-state index contributed by atoms with van der Waals surface area (Å²) in [5, 5.41) is 3.00. The number of nitrogens with one attached hydrogen (secondary N) is 3. The molecule has 0 unspecified atom stereocenters. The Bertz CT molecular complexity index is 903. The second-order valence-corrected chi connectivity index (χ2v) is 8.44. The summed E-state index contributed by atoms with van der Waals surface area (Å²) >= 11 is 0. The van der Waals surface area contributed by atoms with Crippen LogP contribution in [0.4, 0.5) is 11.4 Å². The highest BCUT2D eigenvalue weighted by Crippen LogP contribution is 2.22.